The zero-order valence-electron chi connectivity index (χ0n) is 11.3. The zero-order chi connectivity index (χ0) is 14.1. The Bertz CT molecular complexity index is 636. The third-order valence-electron chi connectivity index (χ3n) is 3.74. The Balaban J connectivity index is 1.82. The molecule has 0 spiro atoms. The van der Waals surface area contributed by atoms with E-state index in [0.29, 0.717) is 11.4 Å². The first-order valence-corrected chi connectivity index (χ1v) is 7.17. The van der Waals surface area contributed by atoms with Crippen LogP contribution in [0.15, 0.2) is 48.5 Å². The molecule has 20 heavy (non-hydrogen) atoms. The van der Waals surface area contributed by atoms with Crippen LogP contribution in [-0.4, -0.2) is 11.9 Å². The van der Waals surface area contributed by atoms with Gasteiger partial charge in [0.2, 0.25) is 5.91 Å². The van der Waals surface area contributed by atoms with Gasteiger partial charge in [-0.25, -0.2) is 0 Å². The molecule has 3 rings (SSSR count). The number of benzene rings is 2. The van der Waals surface area contributed by atoms with E-state index in [-0.39, 0.29) is 11.9 Å². The number of halogens is 1. The summed E-state index contributed by atoms with van der Waals surface area (Å²) in [5, 5.41) is 0.695. The molecule has 1 atom stereocenters. The molecule has 2 aromatic carbocycles. The van der Waals surface area contributed by atoms with Gasteiger partial charge in [-0.05, 0) is 42.7 Å². The predicted octanol–water partition coefficient (Wildman–Crippen LogP) is 3.86. The Kier molecular flexibility index (Phi) is 3.49. The summed E-state index contributed by atoms with van der Waals surface area (Å²) in [5.41, 5.74) is 3.31. The minimum absolute atomic E-state index is 0.143. The monoisotopic (exact) mass is 285 g/mol. The molecule has 0 saturated heterocycles. The summed E-state index contributed by atoms with van der Waals surface area (Å²) in [6.45, 7) is 2.10. The second kappa shape index (κ2) is 5.29. The van der Waals surface area contributed by atoms with Crippen molar-refractivity contribution in [1.29, 1.82) is 0 Å². The highest BCUT2D eigenvalue weighted by molar-refractivity contribution is 6.30. The molecule has 1 aliphatic heterocycles. The topological polar surface area (TPSA) is 20.3 Å². The zero-order valence-corrected chi connectivity index (χ0v) is 12.1. The van der Waals surface area contributed by atoms with Crippen molar-refractivity contribution in [3.63, 3.8) is 0 Å². The lowest BCUT2D eigenvalue weighted by Gasteiger charge is -2.22. The molecule has 0 aliphatic carbocycles. The van der Waals surface area contributed by atoms with Crippen molar-refractivity contribution in [1.82, 2.24) is 0 Å². The second-order valence-electron chi connectivity index (χ2n) is 5.25. The molecule has 1 unspecified atom stereocenters. The number of para-hydroxylation sites is 1. The van der Waals surface area contributed by atoms with Crippen LogP contribution in [0.1, 0.15) is 18.1 Å². The lowest BCUT2D eigenvalue weighted by atomic mass is 10.1. The van der Waals surface area contributed by atoms with Crippen LogP contribution in [-0.2, 0) is 17.6 Å². The van der Waals surface area contributed by atoms with Gasteiger partial charge in [0.25, 0.3) is 0 Å². The highest BCUT2D eigenvalue weighted by Crippen LogP contribution is 2.32. The van der Waals surface area contributed by atoms with E-state index in [2.05, 4.69) is 13.0 Å². The molecule has 0 N–H and O–H groups in total. The minimum atomic E-state index is 0.143. The molecular formula is C17H16ClNO. The fraction of sp³-hybridized carbons (Fsp3) is 0.235. The van der Waals surface area contributed by atoms with E-state index in [1.807, 2.05) is 47.4 Å². The summed E-state index contributed by atoms with van der Waals surface area (Å²) >= 11 is 5.87. The third-order valence-corrected chi connectivity index (χ3v) is 4.00. The molecule has 2 nitrogen and oxygen atoms in total. The van der Waals surface area contributed by atoms with E-state index in [0.717, 1.165) is 17.7 Å². The van der Waals surface area contributed by atoms with Gasteiger partial charge < -0.3 is 4.90 Å². The number of hydrogen-bond acceptors (Lipinski definition) is 1. The fourth-order valence-electron chi connectivity index (χ4n) is 2.81. The molecule has 1 heterocycles. The van der Waals surface area contributed by atoms with Crippen molar-refractivity contribution in [3.05, 3.63) is 64.7 Å². The summed E-state index contributed by atoms with van der Waals surface area (Å²) in [5.74, 6) is 0.143. The van der Waals surface area contributed by atoms with Crippen LogP contribution in [0.4, 0.5) is 5.69 Å². The average Bonchev–Trinajstić information content (AvgIpc) is 2.77. The van der Waals surface area contributed by atoms with Gasteiger partial charge in [-0.15, -0.1) is 0 Å². The highest BCUT2D eigenvalue weighted by Gasteiger charge is 2.30. The quantitative estimate of drug-likeness (QED) is 0.820. The lowest BCUT2D eigenvalue weighted by molar-refractivity contribution is -0.118. The van der Waals surface area contributed by atoms with Gasteiger partial charge in [0, 0.05) is 16.8 Å². The van der Waals surface area contributed by atoms with Crippen LogP contribution in [0.25, 0.3) is 0 Å². The predicted molar refractivity (Wildman–Crippen MR) is 82.3 cm³/mol. The number of fused-ring (bicyclic) bond motifs is 1. The molecule has 0 bridgehead atoms. The largest absolute Gasteiger partial charge is 0.309 e. The molecule has 3 heteroatoms. The molecular weight excluding hydrogens is 270 g/mol. The van der Waals surface area contributed by atoms with Crippen LogP contribution >= 0.6 is 11.6 Å². The maximum Gasteiger partial charge on any atom is 0.231 e. The van der Waals surface area contributed by atoms with Crippen molar-refractivity contribution in [2.75, 3.05) is 4.90 Å². The van der Waals surface area contributed by atoms with E-state index in [1.54, 1.807) is 0 Å². The summed E-state index contributed by atoms with van der Waals surface area (Å²) in [4.78, 5) is 14.5. The van der Waals surface area contributed by atoms with Gasteiger partial charge in [-0.3, -0.25) is 4.79 Å². The number of anilines is 1. The van der Waals surface area contributed by atoms with Crippen molar-refractivity contribution < 1.29 is 4.79 Å². The van der Waals surface area contributed by atoms with Crippen LogP contribution in [0.2, 0.25) is 5.02 Å². The lowest BCUT2D eigenvalue weighted by Crippen LogP contribution is -2.36. The number of carbonyl (C=O) groups is 1. The average molecular weight is 286 g/mol. The Morgan fingerprint density at radius 3 is 2.65 bits per heavy atom. The first-order chi connectivity index (χ1) is 9.65. The van der Waals surface area contributed by atoms with Crippen molar-refractivity contribution in [3.8, 4) is 0 Å². The molecule has 2 aromatic rings. The number of hydrogen-bond donors (Lipinski definition) is 0. The van der Waals surface area contributed by atoms with Crippen molar-refractivity contribution >= 4 is 23.2 Å². The van der Waals surface area contributed by atoms with Crippen LogP contribution in [0.3, 0.4) is 0 Å². The van der Waals surface area contributed by atoms with Crippen molar-refractivity contribution in [2.24, 2.45) is 0 Å². The van der Waals surface area contributed by atoms with Crippen LogP contribution in [0.5, 0.6) is 0 Å². The van der Waals surface area contributed by atoms with E-state index in [4.69, 9.17) is 11.6 Å². The van der Waals surface area contributed by atoms with Crippen molar-refractivity contribution in [2.45, 2.75) is 25.8 Å². The summed E-state index contributed by atoms with van der Waals surface area (Å²) in [7, 11) is 0. The van der Waals surface area contributed by atoms with Gasteiger partial charge in [0.15, 0.2) is 0 Å². The Morgan fingerprint density at radius 1 is 1.20 bits per heavy atom. The van der Waals surface area contributed by atoms with Gasteiger partial charge in [-0.1, -0.05) is 41.9 Å². The van der Waals surface area contributed by atoms with Gasteiger partial charge >= 0.3 is 0 Å². The summed E-state index contributed by atoms with van der Waals surface area (Å²) in [6.07, 6.45) is 1.35. The fourth-order valence-corrected chi connectivity index (χ4v) is 2.93. The highest BCUT2D eigenvalue weighted by atomic mass is 35.5. The van der Waals surface area contributed by atoms with E-state index in [9.17, 15) is 4.79 Å². The normalized spacial score (nSPS) is 17.1. The number of nitrogens with zero attached hydrogens (tertiary/aromatic N) is 1. The smallest absolute Gasteiger partial charge is 0.231 e. The molecule has 1 amide bonds. The standard InChI is InChI=1S/C17H16ClNO/c1-12-10-14-4-2-3-5-16(14)19(12)17(20)11-13-6-8-15(18)9-7-13/h2-9,12H,10-11H2,1H3. The molecule has 1 aliphatic rings. The van der Waals surface area contributed by atoms with E-state index < -0.39 is 0 Å². The Labute approximate surface area is 124 Å². The first kappa shape index (κ1) is 13.2. The first-order valence-electron chi connectivity index (χ1n) is 6.79. The molecule has 0 radical (unpaired) electrons. The number of carbonyl (C=O) groups excluding carboxylic acids is 1. The number of rotatable bonds is 2. The third kappa shape index (κ3) is 2.44. The minimum Gasteiger partial charge on any atom is -0.309 e. The second-order valence-corrected chi connectivity index (χ2v) is 5.69. The van der Waals surface area contributed by atoms with E-state index in [1.165, 1.54) is 5.56 Å². The maximum atomic E-state index is 12.6. The summed E-state index contributed by atoms with van der Waals surface area (Å²) < 4.78 is 0. The molecule has 0 saturated carbocycles. The van der Waals surface area contributed by atoms with Crippen LogP contribution in [0, 0.1) is 0 Å². The van der Waals surface area contributed by atoms with E-state index >= 15 is 0 Å². The van der Waals surface area contributed by atoms with Gasteiger partial charge in [0.05, 0.1) is 6.42 Å². The molecule has 0 fully saturated rings. The number of amides is 1. The molecule has 0 aromatic heterocycles. The Hall–Kier alpha value is -1.80. The maximum absolute atomic E-state index is 12.6. The van der Waals surface area contributed by atoms with Crippen LogP contribution < -0.4 is 4.90 Å². The van der Waals surface area contributed by atoms with Gasteiger partial charge in [-0.2, -0.15) is 0 Å². The van der Waals surface area contributed by atoms with Gasteiger partial charge in [0.1, 0.15) is 0 Å². The summed E-state index contributed by atoms with van der Waals surface area (Å²) in [6, 6.07) is 15.8. The Morgan fingerprint density at radius 2 is 1.90 bits per heavy atom. The molecule has 102 valence electrons. The SMILES string of the molecule is CC1Cc2ccccc2N1C(=O)Cc1ccc(Cl)cc1.